The molecule has 0 aliphatic heterocycles. The third-order valence-electron chi connectivity index (χ3n) is 1.75. The summed E-state index contributed by atoms with van der Waals surface area (Å²) in [7, 11) is 0. The number of nitrogens with zero attached hydrogens (tertiary/aromatic N) is 1. The molecule has 0 bridgehead atoms. The molecule has 82 valence electrons. The summed E-state index contributed by atoms with van der Waals surface area (Å²) in [6, 6.07) is 2.74. The van der Waals surface area contributed by atoms with Gasteiger partial charge in [-0.1, -0.05) is 11.3 Å². The van der Waals surface area contributed by atoms with Gasteiger partial charge in [-0.2, -0.15) is 0 Å². The van der Waals surface area contributed by atoms with E-state index in [-0.39, 0.29) is 17.8 Å². The largest absolute Gasteiger partial charge is 0.481 e. The SMILES string of the molecule is O=C(O)CCC(O)c1ccc([N+](=O)[O-])s1. The number of hydrogen-bond acceptors (Lipinski definition) is 5. The van der Waals surface area contributed by atoms with Gasteiger partial charge in [0.05, 0.1) is 11.0 Å². The number of aliphatic carboxylic acids is 1. The molecule has 15 heavy (non-hydrogen) atoms. The van der Waals surface area contributed by atoms with Crippen molar-refractivity contribution < 1.29 is 19.9 Å². The lowest BCUT2D eigenvalue weighted by Gasteiger charge is -2.04. The van der Waals surface area contributed by atoms with Crippen molar-refractivity contribution in [3.8, 4) is 0 Å². The van der Waals surface area contributed by atoms with Gasteiger partial charge in [0, 0.05) is 17.4 Å². The molecule has 1 rings (SSSR count). The number of thiophene rings is 1. The maximum Gasteiger partial charge on any atom is 0.324 e. The lowest BCUT2D eigenvalue weighted by atomic mass is 10.2. The number of rotatable bonds is 5. The van der Waals surface area contributed by atoms with E-state index in [0.29, 0.717) is 4.88 Å². The number of carbonyl (C=O) groups is 1. The van der Waals surface area contributed by atoms with E-state index in [9.17, 15) is 20.0 Å². The van der Waals surface area contributed by atoms with Gasteiger partial charge in [0.15, 0.2) is 0 Å². The van der Waals surface area contributed by atoms with Crippen LogP contribution in [0.1, 0.15) is 23.8 Å². The fourth-order valence-electron chi connectivity index (χ4n) is 1.02. The third-order valence-corrected chi connectivity index (χ3v) is 2.89. The third kappa shape index (κ3) is 3.30. The van der Waals surface area contributed by atoms with Crippen molar-refractivity contribution in [2.45, 2.75) is 18.9 Å². The summed E-state index contributed by atoms with van der Waals surface area (Å²) in [6.07, 6.45) is -1.04. The van der Waals surface area contributed by atoms with Crippen molar-refractivity contribution in [3.63, 3.8) is 0 Å². The molecule has 0 aromatic carbocycles. The average Bonchev–Trinajstić information content (AvgIpc) is 2.62. The van der Waals surface area contributed by atoms with Gasteiger partial charge in [0.1, 0.15) is 0 Å². The van der Waals surface area contributed by atoms with Crippen LogP contribution in [0.3, 0.4) is 0 Å². The van der Waals surface area contributed by atoms with Gasteiger partial charge in [0.25, 0.3) is 0 Å². The molecule has 1 aromatic heterocycles. The highest BCUT2D eigenvalue weighted by molar-refractivity contribution is 7.15. The normalized spacial score (nSPS) is 12.3. The molecular weight excluding hydrogens is 222 g/mol. The van der Waals surface area contributed by atoms with E-state index in [1.165, 1.54) is 12.1 Å². The number of carboxylic acid groups (broad SMARTS) is 1. The molecule has 1 aromatic rings. The highest BCUT2D eigenvalue weighted by atomic mass is 32.1. The van der Waals surface area contributed by atoms with Gasteiger partial charge < -0.3 is 10.2 Å². The molecule has 0 aliphatic rings. The van der Waals surface area contributed by atoms with Crippen LogP contribution in [-0.4, -0.2) is 21.1 Å². The number of aliphatic hydroxyl groups is 1. The Labute approximate surface area is 88.9 Å². The van der Waals surface area contributed by atoms with Crippen molar-refractivity contribution in [3.05, 3.63) is 27.1 Å². The minimum Gasteiger partial charge on any atom is -0.481 e. The van der Waals surface area contributed by atoms with E-state index in [4.69, 9.17) is 5.11 Å². The number of carboxylic acids is 1. The van der Waals surface area contributed by atoms with Crippen LogP contribution in [0.2, 0.25) is 0 Å². The van der Waals surface area contributed by atoms with E-state index < -0.39 is 17.0 Å². The molecule has 0 aliphatic carbocycles. The second kappa shape index (κ2) is 4.85. The zero-order valence-electron chi connectivity index (χ0n) is 7.62. The molecule has 0 fully saturated rings. The zero-order chi connectivity index (χ0) is 11.4. The average molecular weight is 231 g/mol. The van der Waals surface area contributed by atoms with Crippen LogP contribution in [0.25, 0.3) is 0 Å². The smallest absolute Gasteiger partial charge is 0.324 e. The Balaban J connectivity index is 2.61. The Morgan fingerprint density at radius 1 is 1.60 bits per heavy atom. The predicted molar refractivity (Wildman–Crippen MR) is 52.8 cm³/mol. The van der Waals surface area contributed by atoms with Gasteiger partial charge in [-0.3, -0.25) is 14.9 Å². The molecular formula is C8H9NO5S. The molecule has 0 radical (unpaired) electrons. The first-order valence-electron chi connectivity index (χ1n) is 4.14. The fourth-order valence-corrected chi connectivity index (χ4v) is 1.86. The number of hydrogen-bond donors (Lipinski definition) is 2. The van der Waals surface area contributed by atoms with E-state index >= 15 is 0 Å². The maximum atomic E-state index is 10.3. The second-order valence-corrected chi connectivity index (χ2v) is 3.98. The van der Waals surface area contributed by atoms with E-state index in [1.807, 2.05) is 0 Å². The first-order valence-corrected chi connectivity index (χ1v) is 4.96. The van der Waals surface area contributed by atoms with Crippen LogP contribution in [0.4, 0.5) is 5.00 Å². The molecule has 1 atom stereocenters. The Morgan fingerprint density at radius 2 is 2.27 bits per heavy atom. The molecule has 0 spiro atoms. The summed E-state index contributed by atoms with van der Waals surface area (Å²) < 4.78 is 0. The summed E-state index contributed by atoms with van der Waals surface area (Å²) in [5.41, 5.74) is 0. The molecule has 6 nitrogen and oxygen atoms in total. The first kappa shape index (κ1) is 11.6. The first-order chi connectivity index (χ1) is 7.00. The molecule has 1 heterocycles. The zero-order valence-corrected chi connectivity index (χ0v) is 8.44. The Bertz CT molecular complexity index is 375. The highest BCUT2D eigenvalue weighted by Crippen LogP contribution is 2.30. The van der Waals surface area contributed by atoms with Gasteiger partial charge in [-0.05, 0) is 12.5 Å². The summed E-state index contributed by atoms with van der Waals surface area (Å²) in [6.45, 7) is 0. The second-order valence-electron chi connectivity index (χ2n) is 2.88. The molecule has 1 unspecified atom stereocenters. The van der Waals surface area contributed by atoms with Gasteiger partial charge in [-0.25, -0.2) is 0 Å². The monoisotopic (exact) mass is 231 g/mol. The van der Waals surface area contributed by atoms with E-state index in [1.54, 1.807) is 0 Å². The van der Waals surface area contributed by atoms with Crippen LogP contribution in [0.15, 0.2) is 12.1 Å². The lowest BCUT2D eigenvalue weighted by molar-refractivity contribution is -0.380. The van der Waals surface area contributed by atoms with Gasteiger partial charge >= 0.3 is 11.0 Å². The minimum absolute atomic E-state index is 0.0561. The lowest BCUT2D eigenvalue weighted by Crippen LogP contribution is -2.00. The summed E-state index contributed by atoms with van der Waals surface area (Å²) in [4.78, 5) is 20.5. The van der Waals surface area contributed by atoms with Crippen molar-refractivity contribution >= 4 is 22.3 Å². The van der Waals surface area contributed by atoms with Crippen LogP contribution in [-0.2, 0) is 4.79 Å². The Hall–Kier alpha value is -1.47. The molecule has 7 heteroatoms. The summed E-state index contributed by atoms with van der Waals surface area (Å²) in [5, 5.41) is 28.2. The van der Waals surface area contributed by atoms with Gasteiger partial charge in [-0.15, -0.1) is 0 Å². The van der Waals surface area contributed by atoms with E-state index in [2.05, 4.69) is 0 Å². The molecule has 0 amide bonds. The number of nitro groups is 1. The van der Waals surface area contributed by atoms with Crippen molar-refractivity contribution in [1.82, 2.24) is 0 Å². The van der Waals surface area contributed by atoms with Crippen LogP contribution in [0, 0.1) is 10.1 Å². The molecule has 0 saturated carbocycles. The predicted octanol–water partition coefficient (Wildman–Crippen LogP) is 1.55. The quantitative estimate of drug-likeness (QED) is 0.591. The molecule has 0 saturated heterocycles. The fraction of sp³-hybridized carbons (Fsp3) is 0.375. The Kier molecular flexibility index (Phi) is 3.75. The van der Waals surface area contributed by atoms with Crippen LogP contribution >= 0.6 is 11.3 Å². The minimum atomic E-state index is -1.000. The summed E-state index contributed by atoms with van der Waals surface area (Å²) in [5.74, 6) is -1.000. The highest BCUT2D eigenvalue weighted by Gasteiger charge is 2.16. The van der Waals surface area contributed by atoms with Crippen LogP contribution in [0.5, 0.6) is 0 Å². The summed E-state index contributed by atoms with van der Waals surface area (Å²) >= 11 is 0.859. The van der Waals surface area contributed by atoms with Crippen molar-refractivity contribution in [1.29, 1.82) is 0 Å². The number of aliphatic hydroxyl groups excluding tert-OH is 1. The maximum absolute atomic E-state index is 10.3. The van der Waals surface area contributed by atoms with Crippen molar-refractivity contribution in [2.75, 3.05) is 0 Å². The van der Waals surface area contributed by atoms with Gasteiger partial charge in [0.2, 0.25) is 0 Å². The van der Waals surface area contributed by atoms with Crippen molar-refractivity contribution in [2.24, 2.45) is 0 Å². The Morgan fingerprint density at radius 3 is 2.73 bits per heavy atom. The molecule has 2 N–H and O–H groups in total. The standard InChI is InChI=1S/C8H9NO5S/c10-5(1-4-8(11)12)6-2-3-7(15-6)9(13)14/h2-3,5,10H,1,4H2,(H,11,12). The van der Waals surface area contributed by atoms with E-state index in [0.717, 1.165) is 11.3 Å². The van der Waals surface area contributed by atoms with Crippen LogP contribution < -0.4 is 0 Å². The topological polar surface area (TPSA) is 101 Å².